The van der Waals surface area contributed by atoms with E-state index in [4.69, 9.17) is 0 Å². The van der Waals surface area contributed by atoms with Crippen LogP contribution in [0.2, 0.25) is 0 Å². The molecule has 0 aliphatic carbocycles. The Balaban J connectivity index is 2.56. The van der Waals surface area contributed by atoms with Crippen LogP contribution in [0.25, 0.3) is 0 Å². The summed E-state index contributed by atoms with van der Waals surface area (Å²) in [5.74, 6) is 0.700. The summed E-state index contributed by atoms with van der Waals surface area (Å²) in [4.78, 5) is 0. The Morgan fingerprint density at radius 1 is 1.12 bits per heavy atom. The Morgan fingerprint density at radius 2 is 1.82 bits per heavy atom. The molecule has 0 amide bonds. The summed E-state index contributed by atoms with van der Waals surface area (Å²) in [6.07, 6.45) is 6.42. The van der Waals surface area contributed by atoms with Gasteiger partial charge in [0, 0.05) is 6.04 Å². The summed E-state index contributed by atoms with van der Waals surface area (Å²) in [7, 11) is 2.10. The van der Waals surface area contributed by atoms with E-state index in [0.717, 1.165) is 0 Å². The minimum absolute atomic E-state index is 0.667. The molecule has 0 aromatic heterocycles. The highest BCUT2D eigenvalue weighted by molar-refractivity contribution is 5.19. The van der Waals surface area contributed by atoms with Crippen LogP contribution in [0.3, 0.4) is 0 Å². The average Bonchev–Trinajstić information content (AvgIpc) is 2.40. The Bertz CT molecular complexity index is 281. The molecule has 17 heavy (non-hydrogen) atoms. The van der Waals surface area contributed by atoms with Crippen molar-refractivity contribution in [1.82, 2.24) is 5.32 Å². The highest BCUT2D eigenvalue weighted by Gasteiger charge is 2.14. The standard InChI is InChI=1S/C16H27N/c1-4-6-12-16(17-3)13-14(5-2)15-10-8-7-9-11-15/h7-11,14,16-17H,4-6,12-13H2,1-3H3. The second-order valence-electron chi connectivity index (χ2n) is 4.88. The zero-order valence-corrected chi connectivity index (χ0v) is 11.6. The van der Waals surface area contributed by atoms with Crippen molar-refractivity contribution in [1.29, 1.82) is 0 Å². The zero-order chi connectivity index (χ0) is 12.5. The maximum atomic E-state index is 3.47. The van der Waals surface area contributed by atoms with Crippen molar-refractivity contribution >= 4 is 0 Å². The number of hydrogen-bond donors (Lipinski definition) is 1. The molecule has 0 saturated heterocycles. The molecule has 1 N–H and O–H groups in total. The van der Waals surface area contributed by atoms with Crippen LogP contribution in [0.4, 0.5) is 0 Å². The average molecular weight is 233 g/mol. The number of hydrogen-bond acceptors (Lipinski definition) is 1. The summed E-state index contributed by atoms with van der Waals surface area (Å²) in [6.45, 7) is 4.56. The maximum absolute atomic E-state index is 3.47. The van der Waals surface area contributed by atoms with Gasteiger partial charge in [0.05, 0.1) is 0 Å². The number of nitrogens with one attached hydrogen (secondary N) is 1. The van der Waals surface area contributed by atoms with Crippen molar-refractivity contribution in [2.75, 3.05) is 7.05 Å². The highest BCUT2D eigenvalue weighted by atomic mass is 14.9. The van der Waals surface area contributed by atoms with Crippen LogP contribution in [0, 0.1) is 0 Å². The van der Waals surface area contributed by atoms with Gasteiger partial charge in [0.15, 0.2) is 0 Å². The molecule has 0 spiro atoms. The van der Waals surface area contributed by atoms with Crippen molar-refractivity contribution in [3.63, 3.8) is 0 Å². The van der Waals surface area contributed by atoms with Crippen molar-refractivity contribution in [2.45, 2.75) is 57.9 Å². The summed E-state index contributed by atoms with van der Waals surface area (Å²) >= 11 is 0. The largest absolute Gasteiger partial charge is 0.317 e. The van der Waals surface area contributed by atoms with E-state index in [1.807, 2.05) is 0 Å². The molecule has 0 heterocycles. The fraction of sp³-hybridized carbons (Fsp3) is 0.625. The Morgan fingerprint density at radius 3 is 2.35 bits per heavy atom. The van der Waals surface area contributed by atoms with Crippen LogP contribution in [-0.2, 0) is 0 Å². The van der Waals surface area contributed by atoms with Gasteiger partial charge in [0.25, 0.3) is 0 Å². The first-order chi connectivity index (χ1) is 8.31. The molecule has 1 aromatic rings. The number of unbranched alkanes of at least 4 members (excludes halogenated alkanes) is 1. The van der Waals surface area contributed by atoms with Crippen molar-refractivity contribution < 1.29 is 0 Å². The Labute approximate surface area is 107 Å². The molecule has 2 atom stereocenters. The van der Waals surface area contributed by atoms with E-state index >= 15 is 0 Å². The van der Waals surface area contributed by atoms with Gasteiger partial charge >= 0.3 is 0 Å². The second kappa shape index (κ2) is 8.30. The molecule has 1 aromatic carbocycles. The fourth-order valence-corrected chi connectivity index (χ4v) is 2.44. The van der Waals surface area contributed by atoms with Gasteiger partial charge < -0.3 is 5.32 Å². The quantitative estimate of drug-likeness (QED) is 0.704. The van der Waals surface area contributed by atoms with E-state index in [1.54, 1.807) is 0 Å². The molecule has 1 rings (SSSR count). The molecule has 1 heteroatoms. The van der Waals surface area contributed by atoms with Gasteiger partial charge in [0.1, 0.15) is 0 Å². The number of benzene rings is 1. The lowest BCUT2D eigenvalue weighted by Gasteiger charge is -2.22. The first-order valence-corrected chi connectivity index (χ1v) is 7.04. The van der Waals surface area contributed by atoms with Gasteiger partial charge in [0.2, 0.25) is 0 Å². The molecule has 0 bridgehead atoms. The van der Waals surface area contributed by atoms with Crippen LogP contribution in [0.5, 0.6) is 0 Å². The molecule has 96 valence electrons. The van der Waals surface area contributed by atoms with E-state index in [-0.39, 0.29) is 0 Å². The summed E-state index contributed by atoms with van der Waals surface area (Å²) in [5.41, 5.74) is 1.49. The number of rotatable bonds is 8. The maximum Gasteiger partial charge on any atom is 0.00698 e. The normalized spacial score (nSPS) is 14.5. The third kappa shape index (κ3) is 4.91. The van der Waals surface area contributed by atoms with E-state index in [9.17, 15) is 0 Å². The predicted octanol–water partition coefficient (Wildman–Crippen LogP) is 4.35. The fourth-order valence-electron chi connectivity index (χ4n) is 2.44. The van der Waals surface area contributed by atoms with Gasteiger partial charge in [-0.15, -0.1) is 0 Å². The third-order valence-corrected chi connectivity index (χ3v) is 3.65. The summed E-state index contributed by atoms with van der Waals surface area (Å²) < 4.78 is 0. The Kier molecular flexibility index (Phi) is 6.95. The van der Waals surface area contributed by atoms with Crippen LogP contribution >= 0.6 is 0 Å². The smallest absolute Gasteiger partial charge is 0.00698 e. The lowest BCUT2D eigenvalue weighted by Crippen LogP contribution is -2.27. The van der Waals surface area contributed by atoms with E-state index < -0.39 is 0 Å². The van der Waals surface area contributed by atoms with E-state index in [1.165, 1.54) is 37.7 Å². The van der Waals surface area contributed by atoms with Crippen molar-refractivity contribution in [3.8, 4) is 0 Å². The van der Waals surface area contributed by atoms with Gasteiger partial charge in [-0.25, -0.2) is 0 Å². The lowest BCUT2D eigenvalue weighted by molar-refractivity contribution is 0.425. The first-order valence-electron chi connectivity index (χ1n) is 7.04. The van der Waals surface area contributed by atoms with Crippen LogP contribution < -0.4 is 5.32 Å². The third-order valence-electron chi connectivity index (χ3n) is 3.65. The van der Waals surface area contributed by atoms with E-state index in [2.05, 4.69) is 56.5 Å². The topological polar surface area (TPSA) is 12.0 Å². The van der Waals surface area contributed by atoms with E-state index in [0.29, 0.717) is 12.0 Å². The first kappa shape index (κ1) is 14.2. The molecule has 2 unspecified atom stereocenters. The minimum atomic E-state index is 0.667. The van der Waals surface area contributed by atoms with Crippen molar-refractivity contribution in [3.05, 3.63) is 35.9 Å². The van der Waals surface area contributed by atoms with Crippen LogP contribution in [0.15, 0.2) is 30.3 Å². The van der Waals surface area contributed by atoms with Crippen LogP contribution in [-0.4, -0.2) is 13.1 Å². The molecule has 0 saturated carbocycles. The summed E-state index contributed by atoms with van der Waals surface area (Å²) in [6, 6.07) is 11.6. The zero-order valence-electron chi connectivity index (χ0n) is 11.6. The molecule has 0 aliphatic heterocycles. The minimum Gasteiger partial charge on any atom is -0.317 e. The monoisotopic (exact) mass is 233 g/mol. The Hall–Kier alpha value is -0.820. The predicted molar refractivity (Wildman–Crippen MR) is 76.5 cm³/mol. The van der Waals surface area contributed by atoms with Gasteiger partial charge in [-0.2, -0.15) is 0 Å². The molecule has 0 fully saturated rings. The molecule has 0 radical (unpaired) electrons. The molecular weight excluding hydrogens is 206 g/mol. The lowest BCUT2D eigenvalue weighted by atomic mass is 9.88. The van der Waals surface area contributed by atoms with Crippen molar-refractivity contribution in [2.24, 2.45) is 0 Å². The summed E-state index contributed by atoms with van der Waals surface area (Å²) in [5, 5.41) is 3.47. The molecule has 0 aliphatic rings. The second-order valence-corrected chi connectivity index (χ2v) is 4.88. The highest BCUT2D eigenvalue weighted by Crippen LogP contribution is 2.25. The molecular formula is C16H27N. The SMILES string of the molecule is CCCCC(CC(CC)c1ccccc1)NC. The van der Waals surface area contributed by atoms with Gasteiger partial charge in [-0.3, -0.25) is 0 Å². The van der Waals surface area contributed by atoms with Gasteiger partial charge in [-0.1, -0.05) is 57.0 Å². The van der Waals surface area contributed by atoms with Crippen LogP contribution in [0.1, 0.15) is 57.4 Å². The molecule has 1 nitrogen and oxygen atoms in total. The van der Waals surface area contributed by atoms with Gasteiger partial charge in [-0.05, 0) is 37.8 Å².